The van der Waals surface area contributed by atoms with Crippen molar-refractivity contribution in [2.75, 3.05) is 7.05 Å². The summed E-state index contributed by atoms with van der Waals surface area (Å²) in [6.45, 7) is 12.4. The van der Waals surface area contributed by atoms with Crippen LogP contribution in [0, 0.1) is 11.8 Å². The second kappa shape index (κ2) is 8.92. The molecule has 2 atom stereocenters. The molecule has 0 rings (SSSR count). The van der Waals surface area contributed by atoms with Crippen molar-refractivity contribution in [1.82, 2.24) is 5.43 Å². The van der Waals surface area contributed by atoms with Crippen molar-refractivity contribution in [2.45, 2.75) is 46.6 Å². The smallest absolute Gasteiger partial charge is 0.0602 e. The van der Waals surface area contributed by atoms with Gasteiger partial charge in [0.25, 0.3) is 0 Å². The summed E-state index contributed by atoms with van der Waals surface area (Å²) < 4.78 is 0. The first-order valence-corrected chi connectivity index (χ1v) is 6.72. The molecule has 0 bridgehead atoms. The van der Waals surface area contributed by atoms with E-state index in [-0.39, 0.29) is 6.04 Å². The summed E-state index contributed by atoms with van der Waals surface area (Å²) in [5, 5.41) is 4.33. The van der Waals surface area contributed by atoms with Crippen molar-refractivity contribution in [1.29, 1.82) is 0 Å². The number of hydrogen-bond donors (Lipinski definition) is 2. The molecule has 18 heavy (non-hydrogen) atoms. The van der Waals surface area contributed by atoms with Gasteiger partial charge >= 0.3 is 0 Å². The largest absolute Gasteiger partial charge is 0.327 e. The van der Waals surface area contributed by atoms with E-state index in [1.807, 2.05) is 20.0 Å². The Morgan fingerprint density at radius 2 is 2.00 bits per heavy atom. The molecule has 0 radical (unpaired) electrons. The summed E-state index contributed by atoms with van der Waals surface area (Å²) >= 11 is 0. The van der Waals surface area contributed by atoms with Crippen LogP contribution in [0.25, 0.3) is 0 Å². The first-order chi connectivity index (χ1) is 8.42. The number of hydrazone groups is 1. The number of nitrogens with zero attached hydrogens (tertiary/aromatic N) is 1. The SMILES string of the molecule is C=CC(CCC(/C=C(\C)C(C)C)=N\NC)C(C)N. The molecule has 0 aliphatic carbocycles. The first kappa shape index (κ1) is 16.9. The van der Waals surface area contributed by atoms with Crippen molar-refractivity contribution in [3.63, 3.8) is 0 Å². The van der Waals surface area contributed by atoms with E-state index in [2.05, 4.69) is 44.0 Å². The Labute approximate surface area is 112 Å². The molecule has 0 aromatic rings. The van der Waals surface area contributed by atoms with Crippen molar-refractivity contribution in [3.05, 3.63) is 24.3 Å². The molecule has 0 aliphatic rings. The van der Waals surface area contributed by atoms with Crippen LogP contribution in [0.5, 0.6) is 0 Å². The van der Waals surface area contributed by atoms with Gasteiger partial charge in [0.15, 0.2) is 0 Å². The van der Waals surface area contributed by atoms with Gasteiger partial charge in [-0.05, 0) is 44.6 Å². The zero-order valence-electron chi connectivity index (χ0n) is 12.5. The fourth-order valence-electron chi connectivity index (χ4n) is 1.64. The summed E-state index contributed by atoms with van der Waals surface area (Å²) in [7, 11) is 1.83. The van der Waals surface area contributed by atoms with Crippen LogP contribution in [0.1, 0.15) is 40.5 Å². The topological polar surface area (TPSA) is 50.4 Å². The average molecular weight is 251 g/mol. The van der Waals surface area contributed by atoms with E-state index in [0.717, 1.165) is 18.6 Å². The van der Waals surface area contributed by atoms with Crippen LogP contribution >= 0.6 is 0 Å². The van der Waals surface area contributed by atoms with Gasteiger partial charge in [-0.1, -0.05) is 25.5 Å². The van der Waals surface area contributed by atoms with E-state index < -0.39 is 0 Å². The molecule has 3 heteroatoms. The molecule has 3 N–H and O–H groups in total. The number of rotatable bonds is 8. The van der Waals surface area contributed by atoms with E-state index >= 15 is 0 Å². The molecule has 2 unspecified atom stereocenters. The van der Waals surface area contributed by atoms with Crippen molar-refractivity contribution >= 4 is 5.71 Å². The monoisotopic (exact) mass is 251 g/mol. The van der Waals surface area contributed by atoms with Gasteiger partial charge in [-0.25, -0.2) is 0 Å². The van der Waals surface area contributed by atoms with Crippen molar-refractivity contribution in [3.8, 4) is 0 Å². The lowest BCUT2D eigenvalue weighted by molar-refractivity contribution is 0.508. The Morgan fingerprint density at radius 1 is 1.39 bits per heavy atom. The van der Waals surface area contributed by atoms with Gasteiger partial charge in [-0.15, -0.1) is 6.58 Å². The minimum Gasteiger partial charge on any atom is -0.327 e. The maximum atomic E-state index is 5.91. The van der Waals surface area contributed by atoms with Gasteiger partial charge < -0.3 is 11.2 Å². The predicted octanol–water partition coefficient (Wildman–Crippen LogP) is 3.09. The van der Waals surface area contributed by atoms with E-state index in [0.29, 0.717) is 11.8 Å². The van der Waals surface area contributed by atoms with E-state index in [1.54, 1.807) is 0 Å². The molecule has 0 aromatic heterocycles. The highest BCUT2D eigenvalue weighted by Gasteiger charge is 2.11. The number of allylic oxidation sites excluding steroid dienone is 2. The standard InChI is InChI=1S/C15H29N3/c1-7-14(13(5)16)8-9-15(18-17-6)10-12(4)11(2)3/h7,10-11,13-14,17H,1,8-9,16H2,2-6H3/b12-10+,18-15+. The molecule has 0 aliphatic heterocycles. The number of nitrogens with two attached hydrogens (primary N) is 1. The van der Waals surface area contributed by atoms with Crippen LogP contribution in [0.2, 0.25) is 0 Å². The highest BCUT2D eigenvalue weighted by molar-refractivity contribution is 5.95. The second-order valence-corrected chi connectivity index (χ2v) is 5.17. The highest BCUT2D eigenvalue weighted by atomic mass is 15.3. The molecule has 0 saturated heterocycles. The fourth-order valence-corrected chi connectivity index (χ4v) is 1.64. The van der Waals surface area contributed by atoms with Gasteiger partial charge in [0.2, 0.25) is 0 Å². The summed E-state index contributed by atoms with van der Waals surface area (Å²) in [4.78, 5) is 0. The van der Waals surface area contributed by atoms with Gasteiger partial charge in [0.1, 0.15) is 0 Å². The van der Waals surface area contributed by atoms with Gasteiger partial charge in [-0.3, -0.25) is 0 Å². The second-order valence-electron chi connectivity index (χ2n) is 5.17. The third-order valence-corrected chi connectivity index (χ3v) is 3.27. The minimum absolute atomic E-state index is 0.147. The minimum atomic E-state index is 0.147. The normalized spacial score (nSPS) is 16.6. The number of nitrogens with one attached hydrogen (secondary N) is 1. The van der Waals surface area contributed by atoms with Crippen LogP contribution in [0.15, 0.2) is 29.4 Å². The van der Waals surface area contributed by atoms with Crippen molar-refractivity contribution in [2.24, 2.45) is 22.7 Å². The summed E-state index contributed by atoms with van der Waals surface area (Å²) in [5.41, 5.74) is 11.2. The molecule has 0 saturated carbocycles. The van der Waals surface area contributed by atoms with Gasteiger partial charge in [-0.2, -0.15) is 5.10 Å². The van der Waals surface area contributed by atoms with E-state index in [1.165, 1.54) is 5.57 Å². The Morgan fingerprint density at radius 3 is 2.39 bits per heavy atom. The summed E-state index contributed by atoms with van der Waals surface area (Å²) in [6, 6.07) is 0.147. The van der Waals surface area contributed by atoms with Crippen LogP contribution < -0.4 is 11.2 Å². The third kappa shape index (κ3) is 6.60. The summed E-state index contributed by atoms with van der Waals surface area (Å²) in [5.74, 6) is 0.899. The Bertz CT molecular complexity index is 301. The maximum Gasteiger partial charge on any atom is 0.0602 e. The predicted molar refractivity (Wildman–Crippen MR) is 81.7 cm³/mol. The lowest BCUT2D eigenvalue weighted by atomic mass is 9.94. The number of hydrogen-bond acceptors (Lipinski definition) is 3. The molecule has 0 amide bonds. The van der Waals surface area contributed by atoms with Gasteiger partial charge in [0.05, 0.1) is 5.71 Å². The Balaban J connectivity index is 4.61. The molecule has 3 nitrogen and oxygen atoms in total. The van der Waals surface area contributed by atoms with Crippen LogP contribution in [0.3, 0.4) is 0 Å². The van der Waals surface area contributed by atoms with Crippen LogP contribution in [-0.2, 0) is 0 Å². The third-order valence-electron chi connectivity index (χ3n) is 3.27. The zero-order chi connectivity index (χ0) is 14.1. The molecule has 0 fully saturated rings. The molecular formula is C15H29N3. The van der Waals surface area contributed by atoms with Crippen molar-refractivity contribution < 1.29 is 0 Å². The summed E-state index contributed by atoms with van der Waals surface area (Å²) in [6.07, 6.45) is 6.02. The quantitative estimate of drug-likeness (QED) is 0.396. The Kier molecular flexibility index (Phi) is 8.38. The first-order valence-electron chi connectivity index (χ1n) is 6.72. The lowest BCUT2D eigenvalue weighted by Crippen LogP contribution is -2.25. The highest BCUT2D eigenvalue weighted by Crippen LogP contribution is 2.14. The fraction of sp³-hybridized carbons (Fsp3) is 0.667. The molecule has 0 spiro atoms. The molecular weight excluding hydrogens is 222 g/mol. The molecule has 0 heterocycles. The molecule has 0 aromatic carbocycles. The van der Waals surface area contributed by atoms with Gasteiger partial charge in [0, 0.05) is 13.1 Å². The zero-order valence-corrected chi connectivity index (χ0v) is 12.5. The maximum absolute atomic E-state index is 5.91. The lowest BCUT2D eigenvalue weighted by Gasteiger charge is -2.16. The van der Waals surface area contributed by atoms with Crippen LogP contribution in [-0.4, -0.2) is 18.8 Å². The average Bonchev–Trinajstić information content (AvgIpc) is 2.29. The molecule has 104 valence electrons. The van der Waals surface area contributed by atoms with E-state index in [9.17, 15) is 0 Å². The van der Waals surface area contributed by atoms with E-state index in [4.69, 9.17) is 5.73 Å². The van der Waals surface area contributed by atoms with Crippen LogP contribution in [0.4, 0.5) is 0 Å². The Hall–Kier alpha value is -1.09.